The maximum atomic E-state index is 12.1. The van der Waals surface area contributed by atoms with Crippen LogP contribution in [0, 0.1) is 0 Å². The highest BCUT2D eigenvalue weighted by Crippen LogP contribution is 2.11. The molecule has 0 radical (unpaired) electrons. The van der Waals surface area contributed by atoms with Gasteiger partial charge in [-0.05, 0) is 50.2 Å². The van der Waals surface area contributed by atoms with Crippen molar-refractivity contribution in [2.24, 2.45) is 0 Å². The number of nitrogens with zero attached hydrogens (tertiary/aromatic N) is 1. The first-order chi connectivity index (χ1) is 10.9. The first kappa shape index (κ1) is 17.1. The highest BCUT2D eigenvalue weighted by molar-refractivity contribution is 7.89. The number of carbonyl (C=O) groups is 1. The van der Waals surface area contributed by atoms with Gasteiger partial charge in [-0.15, -0.1) is 0 Å². The number of benzene rings is 1. The van der Waals surface area contributed by atoms with Crippen molar-refractivity contribution in [3.05, 3.63) is 59.9 Å². The molecule has 2 aromatic rings. The largest absolute Gasteiger partial charge is 0.346 e. The molecule has 0 fully saturated rings. The monoisotopic (exact) mass is 333 g/mol. The van der Waals surface area contributed by atoms with Crippen LogP contribution in [0.1, 0.15) is 29.9 Å². The molecular weight excluding hydrogens is 314 g/mol. The second kappa shape index (κ2) is 7.34. The molecule has 0 saturated heterocycles. The molecule has 1 aromatic heterocycles. The minimum atomic E-state index is -3.55. The van der Waals surface area contributed by atoms with Gasteiger partial charge in [-0.2, -0.15) is 0 Å². The van der Waals surface area contributed by atoms with Crippen molar-refractivity contribution >= 4 is 15.9 Å². The molecule has 23 heavy (non-hydrogen) atoms. The molecular formula is C16H19N3O3S. The van der Waals surface area contributed by atoms with Gasteiger partial charge in [0.25, 0.3) is 5.91 Å². The summed E-state index contributed by atoms with van der Waals surface area (Å²) >= 11 is 0. The molecule has 0 aliphatic carbocycles. The topological polar surface area (TPSA) is 88.2 Å². The van der Waals surface area contributed by atoms with Gasteiger partial charge < -0.3 is 5.32 Å². The molecule has 6 nitrogen and oxygen atoms in total. The third-order valence-corrected chi connectivity index (χ3v) is 4.65. The van der Waals surface area contributed by atoms with Crippen LogP contribution >= 0.6 is 0 Å². The fraction of sp³-hybridized carbons (Fsp3) is 0.250. The number of nitrogens with one attached hydrogen (secondary N) is 2. The van der Waals surface area contributed by atoms with E-state index in [2.05, 4.69) is 15.0 Å². The predicted molar refractivity (Wildman–Crippen MR) is 87.3 cm³/mol. The summed E-state index contributed by atoms with van der Waals surface area (Å²) in [6.45, 7) is 3.81. The minimum Gasteiger partial charge on any atom is -0.346 e. The van der Waals surface area contributed by atoms with E-state index in [0.29, 0.717) is 12.1 Å². The molecule has 0 aliphatic rings. The Morgan fingerprint density at radius 2 is 1.83 bits per heavy atom. The van der Waals surface area contributed by atoms with Gasteiger partial charge in [-0.25, -0.2) is 13.1 Å². The molecule has 0 atom stereocenters. The summed E-state index contributed by atoms with van der Waals surface area (Å²) in [7, 11) is -3.55. The molecule has 1 amide bonds. The van der Waals surface area contributed by atoms with Crippen LogP contribution in [-0.2, 0) is 16.6 Å². The summed E-state index contributed by atoms with van der Waals surface area (Å²) in [6, 6.07) is 11.1. The van der Waals surface area contributed by atoms with Crippen molar-refractivity contribution in [2.75, 3.05) is 0 Å². The zero-order valence-corrected chi connectivity index (χ0v) is 13.8. The van der Waals surface area contributed by atoms with Crippen LogP contribution in [0.15, 0.2) is 53.6 Å². The summed E-state index contributed by atoms with van der Waals surface area (Å²) in [5, 5.41) is 2.74. The number of hydrogen-bond donors (Lipinski definition) is 2. The molecule has 0 unspecified atom stereocenters. The van der Waals surface area contributed by atoms with Crippen molar-refractivity contribution in [2.45, 2.75) is 31.3 Å². The Morgan fingerprint density at radius 3 is 2.39 bits per heavy atom. The van der Waals surface area contributed by atoms with Crippen LogP contribution in [0.2, 0.25) is 0 Å². The first-order valence-corrected chi connectivity index (χ1v) is 8.67. The van der Waals surface area contributed by atoms with E-state index in [1.165, 1.54) is 24.3 Å². The zero-order chi connectivity index (χ0) is 16.9. The highest BCUT2D eigenvalue weighted by atomic mass is 32.2. The normalized spacial score (nSPS) is 11.4. The Balaban J connectivity index is 2.03. The van der Waals surface area contributed by atoms with E-state index >= 15 is 0 Å². The van der Waals surface area contributed by atoms with Gasteiger partial charge in [0.2, 0.25) is 10.0 Å². The number of pyridine rings is 1. The molecule has 1 aromatic carbocycles. The van der Waals surface area contributed by atoms with E-state index < -0.39 is 10.0 Å². The van der Waals surface area contributed by atoms with Crippen molar-refractivity contribution in [1.29, 1.82) is 0 Å². The number of carbonyl (C=O) groups excluding carboxylic acids is 1. The van der Waals surface area contributed by atoms with Gasteiger partial charge in [0.15, 0.2) is 0 Å². The lowest BCUT2D eigenvalue weighted by Gasteiger charge is -2.10. The average Bonchev–Trinajstić information content (AvgIpc) is 2.52. The fourth-order valence-corrected chi connectivity index (χ4v) is 3.19. The smallest absolute Gasteiger partial charge is 0.251 e. The summed E-state index contributed by atoms with van der Waals surface area (Å²) in [6.07, 6.45) is 1.66. The lowest BCUT2D eigenvalue weighted by atomic mass is 10.2. The molecule has 0 spiro atoms. The first-order valence-electron chi connectivity index (χ1n) is 7.19. The van der Waals surface area contributed by atoms with Crippen molar-refractivity contribution < 1.29 is 13.2 Å². The van der Waals surface area contributed by atoms with E-state index in [0.717, 1.165) is 5.69 Å². The van der Waals surface area contributed by atoms with Crippen LogP contribution in [-0.4, -0.2) is 25.4 Å². The fourth-order valence-electron chi connectivity index (χ4n) is 1.94. The van der Waals surface area contributed by atoms with Gasteiger partial charge >= 0.3 is 0 Å². The molecule has 7 heteroatoms. The van der Waals surface area contributed by atoms with Crippen LogP contribution in [0.25, 0.3) is 0 Å². The predicted octanol–water partition coefficient (Wildman–Crippen LogP) is 1.70. The lowest BCUT2D eigenvalue weighted by molar-refractivity contribution is 0.0950. The van der Waals surface area contributed by atoms with E-state index in [1.54, 1.807) is 26.1 Å². The molecule has 0 bridgehead atoms. The molecule has 0 aliphatic heterocycles. The van der Waals surface area contributed by atoms with Gasteiger partial charge in [0, 0.05) is 17.8 Å². The maximum absolute atomic E-state index is 12.1. The standard InChI is InChI=1S/C16H19N3O3S/c1-12(2)19-23(21,22)15-8-6-13(7-9-15)16(20)18-11-14-5-3-4-10-17-14/h3-10,12,19H,11H2,1-2H3,(H,18,20). The number of hydrogen-bond acceptors (Lipinski definition) is 4. The van der Waals surface area contributed by atoms with Gasteiger partial charge in [0.05, 0.1) is 17.1 Å². The summed E-state index contributed by atoms with van der Waals surface area (Å²) in [5.74, 6) is -0.281. The molecule has 0 saturated carbocycles. The van der Waals surface area contributed by atoms with Crippen molar-refractivity contribution in [3.8, 4) is 0 Å². The summed E-state index contributed by atoms with van der Waals surface area (Å²) < 4.78 is 26.5. The van der Waals surface area contributed by atoms with E-state index in [-0.39, 0.29) is 16.8 Å². The highest BCUT2D eigenvalue weighted by Gasteiger charge is 2.15. The van der Waals surface area contributed by atoms with Gasteiger partial charge in [0.1, 0.15) is 0 Å². The Labute approximate surface area is 136 Å². The number of rotatable bonds is 6. The van der Waals surface area contributed by atoms with Crippen LogP contribution < -0.4 is 10.0 Å². The number of aromatic nitrogens is 1. The molecule has 122 valence electrons. The minimum absolute atomic E-state index is 0.132. The van der Waals surface area contributed by atoms with Crippen molar-refractivity contribution in [1.82, 2.24) is 15.0 Å². The second-order valence-electron chi connectivity index (χ2n) is 5.30. The lowest BCUT2D eigenvalue weighted by Crippen LogP contribution is -2.30. The Bertz CT molecular complexity index is 757. The van der Waals surface area contributed by atoms with Crippen LogP contribution in [0.5, 0.6) is 0 Å². The second-order valence-corrected chi connectivity index (χ2v) is 7.02. The van der Waals surface area contributed by atoms with E-state index in [4.69, 9.17) is 0 Å². The zero-order valence-electron chi connectivity index (χ0n) is 13.0. The Hall–Kier alpha value is -2.25. The average molecular weight is 333 g/mol. The van der Waals surface area contributed by atoms with E-state index in [1.807, 2.05) is 12.1 Å². The summed E-state index contributed by atoms with van der Waals surface area (Å²) in [5.41, 5.74) is 1.14. The third-order valence-electron chi connectivity index (χ3n) is 2.97. The number of amides is 1. The SMILES string of the molecule is CC(C)NS(=O)(=O)c1ccc(C(=O)NCc2ccccn2)cc1. The van der Waals surface area contributed by atoms with Crippen LogP contribution in [0.4, 0.5) is 0 Å². The Kier molecular flexibility index (Phi) is 5.46. The summed E-state index contributed by atoms with van der Waals surface area (Å²) in [4.78, 5) is 16.3. The number of sulfonamides is 1. The Morgan fingerprint density at radius 1 is 1.13 bits per heavy atom. The van der Waals surface area contributed by atoms with Gasteiger partial charge in [-0.3, -0.25) is 9.78 Å². The van der Waals surface area contributed by atoms with E-state index in [9.17, 15) is 13.2 Å². The molecule has 1 heterocycles. The van der Waals surface area contributed by atoms with Gasteiger partial charge in [-0.1, -0.05) is 6.07 Å². The third kappa shape index (κ3) is 4.87. The molecule has 2 rings (SSSR count). The van der Waals surface area contributed by atoms with Crippen LogP contribution in [0.3, 0.4) is 0 Å². The maximum Gasteiger partial charge on any atom is 0.251 e. The van der Waals surface area contributed by atoms with Crippen molar-refractivity contribution in [3.63, 3.8) is 0 Å². The quantitative estimate of drug-likeness (QED) is 0.842. The molecule has 2 N–H and O–H groups in total.